The average molecular weight is 441 g/mol. The predicted octanol–water partition coefficient (Wildman–Crippen LogP) is 5.68. The molecule has 0 unspecified atom stereocenters. The predicted molar refractivity (Wildman–Crippen MR) is 122 cm³/mol. The number of nitrogens with zero attached hydrogens (tertiary/aromatic N) is 4. The van der Waals surface area contributed by atoms with Crippen molar-refractivity contribution in [2.45, 2.75) is 40.2 Å². The quantitative estimate of drug-likeness (QED) is 0.410. The molecular formula is C23H22Cl2N4O. The van der Waals surface area contributed by atoms with E-state index in [4.69, 9.17) is 23.2 Å². The molecule has 2 heterocycles. The standard InChI is InChI=1S/C23H22Cl2N4O/c1-13(2)21-18-11-26-29(17-7-5-14(3)15(4)9-17)22(18)23(30)28(27-21)12-16-6-8-19(24)20(25)10-16/h5-11,13H,12H2,1-4H3. The first kappa shape index (κ1) is 20.6. The third kappa shape index (κ3) is 3.64. The number of aryl methyl sites for hydroxylation is 2. The van der Waals surface area contributed by atoms with Crippen LogP contribution < -0.4 is 5.56 Å². The smallest absolute Gasteiger partial charge is 0.265 e. The van der Waals surface area contributed by atoms with Crippen molar-refractivity contribution in [2.24, 2.45) is 0 Å². The molecule has 0 fully saturated rings. The number of halogens is 2. The van der Waals surface area contributed by atoms with E-state index in [9.17, 15) is 4.79 Å². The number of rotatable bonds is 4. The summed E-state index contributed by atoms with van der Waals surface area (Å²) in [7, 11) is 0. The van der Waals surface area contributed by atoms with Crippen LogP contribution in [0.4, 0.5) is 0 Å². The molecule has 0 aliphatic rings. The summed E-state index contributed by atoms with van der Waals surface area (Å²) in [6.45, 7) is 8.52. The van der Waals surface area contributed by atoms with E-state index < -0.39 is 0 Å². The van der Waals surface area contributed by atoms with Crippen LogP contribution in [0, 0.1) is 13.8 Å². The molecule has 5 nitrogen and oxygen atoms in total. The van der Waals surface area contributed by atoms with Crippen molar-refractivity contribution in [3.05, 3.63) is 85.4 Å². The first-order valence-corrected chi connectivity index (χ1v) is 10.5. The monoisotopic (exact) mass is 440 g/mol. The van der Waals surface area contributed by atoms with Crippen LogP contribution in [0.15, 0.2) is 47.4 Å². The highest BCUT2D eigenvalue weighted by molar-refractivity contribution is 6.42. The molecule has 0 saturated heterocycles. The highest BCUT2D eigenvalue weighted by Crippen LogP contribution is 2.25. The summed E-state index contributed by atoms with van der Waals surface area (Å²) in [5, 5.41) is 10.9. The van der Waals surface area contributed by atoms with Crippen LogP contribution >= 0.6 is 23.2 Å². The van der Waals surface area contributed by atoms with E-state index >= 15 is 0 Å². The van der Waals surface area contributed by atoms with Gasteiger partial charge in [0.15, 0.2) is 0 Å². The molecule has 0 N–H and O–H groups in total. The number of fused-ring (bicyclic) bond motifs is 1. The fourth-order valence-corrected chi connectivity index (χ4v) is 3.81. The lowest BCUT2D eigenvalue weighted by atomic mass is 10.1. The second-order valence-electron chi connectivity index (χ2n) is 7.84. The Balaban J connectivity index is 1.93. The first-order chi connectivity index (χ1) is 14.3. The van der Waals surface area contributed by atoms with Gasteiger partial charge in [-0.25, -0.2) is 9.36 Å². The average Bonchev–Trinajstić information content (AvgIpc) is 3.14. The van der Waals surface area contributed by atoms with Gasteiger partial charge in [-0.1, -0.05) is 49.2 Å². The normalized spacial score (nSPS) is 11.6. The first-order valence-electron chi connectivity index (χ1n) is 9.76. The van der Waals surface area contributed by atoms with Crippen LogP contribution in [0.2, 0.25) is 10.0 Å². The number of hydrogen-bond donors (Lipinski definition) is 0. The van der Waals surface area contributed by atoms with Gasteiger partial charge in [0.25, 0.3) is 5.56 Å². The summed E-state index contributed by atoms with van der Waals surface area (Å²) in [6, 6.07) is 11.4. The van der Waals surface area contributed by atoms with Crippen molar-refractivity contribution in [2.75, 3.05) is 0 Å². The van der Waals surface area contributed by atoms with E-state index in [0.29, 0.717) is 22.1 Å². The van der Waals surface area contributed by atoms with Crippen LogP contribution in [0.3, 0.4) is 0 Å². The number of aromatic nitrogens is 4. The Morgan fingerprint density at radius 2 is 1.77 bits per heavy atom. The number of hydrogen-bond acceptors (Lipinski definition) is 3. The molecule has 0 bridgehead atoms. The zero-order chi connectivity index (χ0) is 21.6. The summed E-state index contributed by atoms with van der Waals surface area (Å²) < 4.78 is 3.19. The van der Waals surface area contributed by atoms with Gasteiger partial charge >= 0.3 is 0 Å². The van der Waals surface area contributed by atoms with Crippen molar-refractivity contribution in [1.29, 1.82) is 0 Å². The molecule has 2 aromatic heterocycles. The molecule has 4 rings (SSSR count). The van der Waals surface area contributed by atoms with Gasteiger partial charge in [-0.2, -0.15) is 10.2 Å². The minimum absolute atomic E-state index is 0.130. The van der Waals surface area contributed by atoms with Gasteiger partial charge in [-0.3, -0.25) is 4.79 Å². The highest BCUT2D eigenvalue weighted by atomic mass is 35.5. The lowest BCUT2D eigenvalue weighted by Gasteiger charge is -2.13. The van der Waals surface area contributed by atoms with Gasteiger partial charge in [-0.15, -0.1) is 0 Å². The molecule has 0 spiro atoms. The van der Waals surface area contributed by atoms with E-state index in [0.717, 1.165) is 27.9 Å². The minimum atomic E-state index is -0.198. The third-order valence-corrected chi connectivity index (χ3v) is 6.05. The van der Waals surface area contributed by atoms with Gasteiger partial charge in [-0.05, 0) is 60.7 Å². The fourth-order valence-electron chi connectivity index (χ4n) is 3.49. The molecule has 0 radical (unpaired) electrons. The lowest BCUT2D eigenvalue weighted by molar-refractivity contribution is 0.612. The maximum Gasteiger partial charge on any atom is 0.293 e. The van der Waals surface area contributed by atoms with Crippen molar-refractivity contribution in [1.82, 2.24) is 19.6 Å². The molecule has 0 aliphatic carbocycles. The van der Waals surface area contributed by atoms with Gasteiger partial charge < -0.3 is 0 Å². The molecular weight excluding hydrogens is 419 g/mol. The lowest BCUT2D eigenvalue weighted by Crippen LogP contribution is -2.27. The van der Waals surface area contributed by atoms with Gasteiger partial charge in [0.1, 0.15) is 5.52 Å². The number of benzene rings is 2. The Labute approximate surface area is 184 Å². The summed E-state index contributed by atoms with van der Waals surface area (Å²) >= 11 is 12.2. The second kappa shape index (κ2) is 7.89. The molecule has 7 heteroatoms. The SMILES string of the molecule is Cc1ccc(-n2ncc3c(C(C)C)nn(Cc4ccc(Cl)c(Cl)c4)c(=O)c32)cc1C. The van der Waals surface area contributed by atoms with Crippen molar-refractivity contribution in [3.63, 3.8) is 0 Å². The van der Waals surface area contributed by atoms with E-state index in [1.54, 1.807) is 23.0 Å². The molecule has 0 atom stereocenters. The summed E-state index contributed by atoms with van der Waals surface area (Å²) in [6.07, 6.45) is 1.73. The van der Waals surface area contributed by atoms with Crippen molar-refractivity contribution < 1.29 is 0 Å². The summed E-state index contributed by atoms with van der Waals surface area (Å²) in [5.74, 6) is 0.130. The van der Waals surface area contributed by atoms with Gasteiger partial charge in [0, 0.05) is 5.39 Å². The Kier molecular flexibility index (Phi) is 5.43. The van der Waals surface area contributed by atoms with Crippen LogP contribution in [0.25, 0.3) is 16.6 Å². The minimum Gasteiger partial charge on any atom is -0.265 e. The molecule has 0 amide bonds. The fraction of sp³-hybridized carbons (Fsp3) is 0.261. The third-order valence-electron chi connectivity index (χ3n) is 5.31. The maximum atomic E-state index is 13.4. The molecule has 0 aliphatic heterocycles. The molecule has 0 saturated carbocycles. The maximum absolute atomic E-state index is 13.4. The van der Waals surface area contributed by atoms with E-state index in [1.165, 1.54) is 10.2 Å². The van der Waals surface area contributed by atoms with E-state index in [-0.39, 0.29) is 11.5 Å². The summed E-state index contributed by atoms with van der Waals surface area (Å²) in [5.41, 5.74) is 5.20. The Morgan fingerprint density at radius 3 is 2.43 bits per heavy atom. The Morgan fingerprint density at radius 1 is 1.00 bits per heavy atom. The zero-order valence-corrected chi connectivity index (χ0v) is 18.8. The Bertz CT molecular complexity index is 1320. The zero-order valence-electron chi connectivity index (χ0n) is 17.3. The molecule has 154 valence electrons. The molecule has 2 aromatic carbocycles. The van der Waals surface area contributed by atoms with E-state index in [1.807, 2.05) is 31.2 Å². The van der Waals surface area contributed by atoms with Gasteiger partial charge in [0.2, 0.25) is 0 Å². The molecule has 30 heavy (non-hydrogen) atoms. The van der Waals surface area contributed by atoms with Crippen molar-refractivity contribution >= 4 is 34.1 Å². The highest BCUT2D eigenvalue weighted by Gasteiger charge is 2.19. The topological polar surface area (TPSA) is 52.7 Å². The largest absolute Gasteiger partial charge is 0.293 e. The van der Waals surface area contributed by atoms with Crippen LogP contribution in [-0.4, -0.2) is 19.6 Å². The van der Waals surface area contributed by atoms with Crippen molar-refractivity contribution in [3.8, 4) is 5.69 Å². The Hall–Kier alpha value is -2.63. The second-order valence-corrected chi connectivity index (χ2v) is 8.65. The van der Waals surface area contributed by atoms with Crippen LogP contribution in [0.1, 0.15) is 42.1 Å². The summed E-state index contributed by atoms with van der Waals surface area (Å²) in [4.78, 5) is 13.4. The van der Waals surface area contributed by atoms with Crippen LogP contribution in [-0.2, 0) is 6.54 Å². The van der Waals surface area contributed by atoms with Crippen LogP contribution in [0.5, 0.6) is 0 Å². The molecule has 4 aromatic rings. The van der Waals surface area contributed by atoms with E-state index in [2.05, 4.69) is 31.0 Å². The van der Waals surface area contributed by atoms with Gasteiger partial charge in [0.05, 0.1) is 34.2 Å².